The summed E-state index contributed by atoms with van der Waals surface area (Å²) in [4.78, 5) is 27.5. The third kappa shape index (κ3) is 1.43. The predicted octanol–water partition coefficient (Wildman–Crippen LogP) is 1.02. The molecule has 0 saturated carbocycles. The van der Waals surface area contributed by atoms with E-state index in [2.05, 4.69) is 10.3 Å². The van der Waals surface area contributed by atoms with Gasteiger partial charge in [-0.05, 0) is 25.5 Å². The molecule has 4 nitrogen and oxygen atoms in total. The minimum Gasteiger partial charge on any atom is -0.386 e. The van der Waals surface area contributed by atoms with Crippen LogP contribution < -0.4 is 5.32 Å². The van der Waals surface area contributed by atoms with Crippen molar-refractivity contribution in [1.82, 2.24) is 10.3 Å². The molecule has 0 spiro atoms. The fourth-order valence-corrected chi connectivity index (χ4v) is 1.67. The van der Waals surface area contributed by atoms with Crippen LogP contribution in [0.25, 0.3) is 5.70 Å². The van der Waals surface area contributed by atoms with Gasteiger partial charge in [0.2, 0.25) is 11.6 Å². The van der Waals surface area contributed by atoms with Crippen LogP contribution in [0.4, 0.5) is 0 Å². The van der Waals surface area contributed by atoms with Gasteiger partial charge in [-0.15, -0.1) is 0 Å². The Morgan fingerprint density at radius 3 is 2.56 bits per heavy atom. The van der Waals surface area contributed by atoms with Crippen molar-refractivity contribution in [3.63, 3.8) is 0 Å². The van der Waals surface area contributed by atoms with Crippen molar-refractivity contribution >= 4 is 17.3 Å². The second kappa shape index (κ2) is 3.56. The first-order valence-corrected chi connectivity index (χ1v) is 5.01. The lowest BCUT2D eigenvalue weighted by Gasteiger charge is -2.16. The normalized spacial score (nSPS) is 14.6. The van der Waals surface area contributed by atoms with Crippen LogP contribution in [0, 0.1) is 13.8 Å². The Morgan fingerprint density at radius 2 is 1.94 bits per heavy atom. The quantitative estimate of drug-likeness (QED) is 0.712. The maximum absolute atomic E-state index is 11.7. The van der Waals surface area contributed by atoms with Crippen LogP contribution in [0.5, 0.6) is 0 Å². The smallest absolute Gasteiger partial charge is 0.235 e. The van der Waals surface area contributed by atoms with Gasteiger partial charge in [0.1, 0.15) is 0 Å². The van der Waals surface area contributed by atoms with E-state index in [4.69, 9.17) is 0 Å². The largest absolute Gasteiger partial charge is 0.386 e. The fourth-order valence-electron chi connectivity index (χ4n) is 1.67. The maximum atomic E-state index is 11.7. The molecule has 0 radical (unpaired) electrons. The molecule has 0 atom stereocenters. The summed E-state index contributed by atoms with van der Waals surface area (Å²) in [5.74, 6) is -0.980. The molecule has 0 aromatic carbocycles. The first kappa shape index (κ1) is 10.5. The summed E-state index contributed by atoms with van der Waals surface area (Å²) in [6.07, 6.45) is 1.30. The summed E-state index contributed by atoms with van der Waals surface area (Å²) in [7, 11) is 1.70. The van der Waals surface area contributed by atoms with Crippen molar-refractivity contribution < 1.29 is 9.59 Å². The van der Waals surface area contributed by atoms with E-state index in [1.165, 1.54) is 6.08 Å². The molecule has 1 aliphatic rings. The summed E-state index contributed by atoms with van der Waals surface area (Å²) >= 11 is 0. The van der Waals surface area contributed by atoms with Gasteiger partial charge in [0.25, 0.3) is 0 Å². The van der Waals surface area contributed by atoms with Crippen LogP contribution in [0.1, 0.15) is 27.3 Å². The Kier molecular flexibility index (Phi) is 2.34. The first-order valence-electron chi connectivity index (χ1n) is 5.01. The number of rotatable bonds is 1. The first-order chi connectivity index (χ1) is 7.54. The lowest BCUT2D eigenvalue weighted by Crippen LogP contribution is -2.24. The van der Waals surface area contributed by atoms with Crippen LogP contribution in [0.2, 0.25) is 0 Å². The zero-order chi connectivity index (χ0) is 11.9. The maximum Gasteiger partial charge on any atom is 0.235 e. The molecule has 82 valence electrons. The van der Waals surface area contributed by atoms with E-state index in [9.17, 15) is 9.59 Å². The molecule has 1 aromatic heterocycles. The second-order valence-electron chi connectivity index (χ2n) is 3.79. The van der Waals surface area contributed by atoms with Gasteiger partial charge in [-0.3, -0.25) is 14.6 Å². The van der Waals surface area contributed by atoms with Crippen molar-refractivity contribution in [2.45, 2.75) is 13.8 Å². The molecule has 0 aliphatic heterocycles. The number of carbonyl (C=O) groups is 2. The predicted molar refractivity (Wildman–Crippen MR) is 60.1 cm³/mol. The highest BCUT2D eigenvalue weighted by atomic mass is 16.2. The molecule has 1 N–H and O–H groups in total. The minimum absolute atomic E-state index is 0.389. The third-order valence-corrected chi connectivity index (χ3v) is 2.73. The number of ketones is 2. The Bertz CT molecular complexity index is 530. The standard InChI is InChI=1S/C12H12N2O2/c1-6-4-8-11(14-7(6)2)9(13-3)5-10(15)12(8)16/h4-5,13H,1-3H3. The van der Waals surface area contributed by atoms with Gasteiger partial charge >= 0.3 is 0 Å². The minimum atomic E-state index is -0.498. The van der Waals surface area contributed by atoms with Crippen molar-refractivity contribution in [1.29, 1.82) is 0 Å². The van der Waals surface area contributed by atoms with Crippen LogP contribution >= 0.6 is 0 Å². The number of aromatic nitrogens is 1. The molecule has 4 heteroatoms. The summed E-state index contributed by atoms with van der Waals surface area (Å²) in [5, 5.41) is 2.88. The summed E-state index contributed by atoms with van der Waals surface area (Å²) in [6.45, 7) is 3.75. The number of fused-ring (bicyclic) bond motifs is 1. The molecular weight excluding hydrogens is 204 g/mol. The molecule has 1 aliphatic carbocycles. The highest BCUT2D eigenvalue weighted by molar-refractivity contribution is 6.50. The molecule has 2 rings (SSSR count). The molecule has 0 fully saturated rings. The number of nitrogens with zero attached hydrogens (tertiary/aromatic N) is 1. The molecular formula is C12H12N2O2. The molecule has 0 saturated heterocycles. The third-order valence-electron chi connectivity index (χ3n) is 2.73. The van der Waals surface area contributed by atoms with Crippen molar-refractivity contribution in [2.75, 3.05) is 7.05 Å². The SMILES string of the molecule is CNC1=CC(=O)C(=O)c2cc(C)c(C)nc21. The van der Waals surface area contributed by atoms with Gasteiger partial charge in [0.05, 0.1) is 17.0 Å². The molecule has 0 unspecified atom stereocenters. The number of Topliss-reactive ketones (excluding diaryl/α,β-unsaturated/α-hetero) is 1. The second-order valence-corrected chi connectivity index (χ2v) is 3.79. The number of hydrogen-bond acceptors (Lipinski definition) is 4. The molecule has 0 amide bonds. The average molecular weight is 216 g/mol. The van der Waals surface area contributed by atoms with E-state index in [-0.39, 0.29) is 0 Å². The van der Waals surface area contributed by atoms with Crippen LogP contribution in [0.15, 0.2) is 12.1 Å². The summed E-state index contributed by atoms with van der Waals surface area (Å²) in [5.41, 5.74) is 3.33. The fraction of sp³-hybridized carbons (Fsp3) is 0.250. The summed E-state index contributed by atoms with van der Waals surface area (Å²) in [6, 6.07) is 1.72. The van der Waals surface area contributed by atoms with Crippen molar-refractivity contribution in [3.8, 4) is 0 Å². The lowest BCUT2D eigenvalue weighted by atomic mass is 9.95. The zero-order valence-electron chi connectivity index (χ0n) is 9.42. The number of nitrogens with one attached hydrogen (secondary N) is 1. The molecule has 16 heavy (non-hydrogen) atoms. The Balaban J connectivity index is 2.73. The number of carbonyl (C=O) groups excluding carboxylic acids is 2. The van der Waals surface area contributed by atoms with Gasteiger partial charge in [-0.1, -0.05) is 0 Å². The van der Waals surface area contributed by atoms with Gasteiger partial charge in [-0.25, -0.2) is 0 Å². The topological polar surface area (TPSA) is 59.1 Å². The van der Waals surface area contributed by atoms with E-state index in [1.807, 2.05) is 13.8 Å². The monoisotopic (exact) mass is 216 g/mol. The van der Waals surface area contributed by atoms with Crippen molar-refractivity contribution in [3.05, 3.63) is 34.7 Å². The van der Waals surface area contributed by atoms with Gasteiger partial charge in [0, 0.05) is 18.8 Å². The molecule has 1 heterocycles. The Hall–Kier alpha value is -1.97. The van der Waals surface area contributed by atoms with E-state index in [1.54, 1.807) is 13.1 Å². The average Bonchev–Trinajstić information content (AvgIpc) is 2.26. The lowest BCUT2D eigenvalue weighted by molar-refractivity contribution is -0.111. The van der Waals surface area contributed by atoms with E-state index in [0.29, 0.717) is 17.0 Å². The highest BCUT2D eigenvalue weighted by Gasteiger charge is 2.27. The number of hydrogen-bond donors (Lipinski definition) is 1. The number of aryl methyl sites for hydroxylation is 2. The van der Waals surface area contributed by atoms with E-state index in [0.717, 1.165) is 11.3 Å². The van der Waals surface area contributed by atoms with Gasteiger partial charge in [0.15, 0.2) is 0 Å². The molecule has 0 bridgehead atoms. The summed E-state index contributed by atoms with van der Waals surface area (Å²) < 4.78 is 0. The van der Waals surface area contributed by atoms with Crippen LogP contribution in [-0.4, -0.2) is 23.6 Å². The highest BCUT2D eigenvalue weighted by Crippen LogP contribution is 2.23. The van der Waals surface area contributed by atoms with Gasteiger partial charge in [-0.2, -0.15) is 0 Å². The molecule has 1 aromatic rings. The Morgan fingerprint density at radius 1 is 1.25 bits per heavy atom. The number of allylic oxidation sites excluding steroid dienone is 1. The van der Waals surface area contributed by atoms with Crippen LogP contribution in [0.3, 0.4) is 0 Å². The van der Waals surface area contributed by atoms with Crippen LogP contribution in [-0.2, 0) is 4.79 Å². The van der Waals surface area contributed by atoms with Crippen molar-refractivity contribution in [2.24, 2.45) is 0 Å². The zero-order valence-corrected chi connectivity index (χ0v) is 9.42. The van der Waals surface area contributed by atoms with Gasteiger partial charge < -0.3 is 5.32 Å². The number of pyridine rings is 1. The van der Waals surface area contributed by atoms with E-state index >= 15 is 0 Å². The van der Waals surface area contributed by atoms with E-state index < -0.39 is 11.6 Å². The Labute approximate surface area is 93.4 Å².